The van der Waals surface area contributed by atoms with Gasteiger partial charge in [-0.1, -0.05) is 6.07 Å². The molecule has 5 aromatic rings. The minimum absolute atomic E-state index is 0.145. The first-order chi connectivity index (χ1) is 18.7. The highest BCUT2D eigenvalue weighted by molar-refractivity contribution is 6.05. The molecule has 0 aliphatic rings. The van der Waals surface area contributed by atoms with Gasteiger partial charge in [0.05, 0.1) is 23.3 Å². The number of amides is 1. The van der Waals surface area contributed by atoms with Crippen LogP contribution >= 0.6 is 0 Å². The molecule has 39 heavy (non-hydrogen) atoms. The summed E-state index contributed by atoms with van der Waals surface area (Å²) in [4.78, 5) is 30.0. The van der Waals surface area contributed by atoms with Crippen molar-refractivity contribution in [3.05, 3.63) is 108 Å². The van der Waals surface area contributed by atoms with Crippen LogP contribution in [0.25, 0.3) is 16.9 Å². The van der Waals surface area contributed by atoms with Crippen LogP contribution in [0.5, 0.6) is 0 Å². The predicted octanol–water partition coefficient (Wildman–Crippen LogP) is 6.36. The maximum atomic E-state index is 13.6. The van der Waals surface area contributed by atoms with Gasteiger partial charge in [0.1, 0.15) is 0 Å². The maximum absolute atomic E-state index is 13.6. The Balaban J connectivity index is 1.40. The number of imidazole rings is 1. The lowest BCUT2D eigenvalue weighted by molar-refractivity contribution is -0.137. The number of pyridine rings is 1. The molecule has 3 aromatic heterocycles. The van der Waals surface area contributed by atoms with Crippen LogP contribution < -0.4 is 10.6 Å². The van der Waals surface area contributed by atoms with E-state index in [-0.39, 0.29) is 11.3 Å². The minimum Gasteiger partial charge on any atom is -0.324 e. The average molecular weight is 530 g/mol. The second-order valence-corrected chi connectivity index (χ2v) is 8.80. The van der Waals surface area contributed by atoms with Crippen LogP contribution in [0.4, 0.5) is 30.5 Å². The summed E-state index contributed by atoms with van der Waals surface area (Å²) in [6.45, 7) is 3.59. The van der Waals surface area contributed by atoms with E-state index >= 15 is 0 Å². The number of hydrogen-bond acceptors (Lipinski definition) is 6. The summed E-state index contributed by atoms with van der Waals surface area (Å²) in [5, 5.41) is 5.84. The van der Waals surface area contributed by atoms with E-state index in [0.717, 1.165) is 23.3 Å². The fraction of sp³-hybridized carbons (Fsp3) is 0.107. The number of carbonyl (C=O) groups excluding carboxylic acids is 1. The van der Waals surface area contributed by atoms with Crippen molar-refractivity contribution >= 4 is 23.2 Å². The van der Waals surface area contributed by atoms with Crippen molar-refractivity contribution in [1.29, 1.82) is 0 Å². The number of nitrogens with zero attached hydrogens (tertiary/aromatic N) is 5. The van der Waals surface area contributed by atoms with Crippen molar-refractivity contribution in [1.82, 2.24) is 24.5 Å². The highest BCUT2D eigenvalue weighted by Gasteiger charge is 2.32. The largest absolute Gasteiger partial charge is 0.416 e. The number of aryl methyl sites for hydroxylation is 2. The molecule has 2 aromatic carbocycles. The van der Waals surface area contributed by atoms with Gasteiger partial charge < -0.3 is 15.2 Å². The minimum atomic E-state index is -4.63. The fourth-order valence-electron chi connectivity index (χ4n) is 3.87. The van der Waals surface area contributed by atoms with Gasteiger partial charge in [0.15, 0.2) is 0 Å². The number of nitrogens with one attached hydrogen (secondary N) is 2. The lowest BCUT2D eigenvalue weighted by Crippen LogP contribution is -2.15. The van der Waals surface area contributed by atoms with E-state index in [1.165, 1.54) is 17.0 Å². The molecule has 0 saturated heterocycles. The van der Waals surface area contributed by atoms with E-state index in [2.05, 4.69) is 30.6 Å². The molecule has 0 atom stereocenters. The number of carbonyl (C=O) groups is 1. The van der Waals surface area contributed by atoms with E-state index in [0.29, 0.717) is 28.7 Å². The summed E-state index contributed by atoms with van der Waals surface area (Å²) >= 11 is 0. The van der Waals surface area contributed by atoms with Gasteiger partial charge in [0.2, 0.25) is 5.95 Å². The Morgan fingerprint density at radius 2 is 1.82 bits per heavy atom. The van der Waals surface area contributed by atoms with Crippen LogP contribution in [0, 0.1) is 13.8 Å². The normalized spacial score (nSPS) is 11.3. The first-order valence-electron chi connectivity index (χ1n) is 11.8. The predicted molar refractivity (Wildman–Crippen MR) is 141 cm³/mol. The van der Waals surface area contributed by atoms with Crippen LogP contribution in [-0.2, 0) is 6.18 Å². The van der Waals surface area contributed by atoms with Gasteiger partial charge in [0.25, 0.3) is 5.91 Å². The molecule has 11 heteroatoms. The van der Waals surface area contributed by atoms with Gasteiger partial charge in [-0.15, -0.1) is 0 Å². The molecule has 0 unspecified atom stereocenters. The Morgan fingerprint density at radius 3 is 2.54 bits per heavy atom. The maximum Gasteiger partial charge on any atom is 0.416 e. The third-order valence-electron chi connectivity index (χ3n) is 5.87. The highest BCUT2D eigenvalue weighted by atomic mass is 19.4. The molecule has 3 heterocycles. The van der Waals surface area contributed by atoms with Gasteiger partial charge >= 0.3 is 6.18 Å². The number of aromatic nitrogens is 5. The molecule has 0 fully saturated rings. The Bertz CT molecular complexity index is 1650. The van der Waals surface area contributed by atoms with Crippen molar-refractivity contribution in [2.24, 2.45) is 0 Å². The van der Waals surface area contributed by atoms with Crippen molar-refractivity contribution < 1.29 is 18.0 Å². The lowest BCUT2D eigenvalue weighted by Gasteiger charge is -2.14. The summed E-state index contributed by atoms with van der Waals surface area (Å²) in [6.07, 6.45) is 3.33. The number of alkyl halides is 3. The quantitative estimate of drug-likeness (QED) is 0.266. The zero-order valence-electron chi connectivity index (χ0n) is 20.9. The van der Waals surface area contributed by atoms with Gasteiger partial charge in [0, 0.05) is 53.0 Å². The molecule has 5 rings (SSSR count). The molecule has 2 N–H and O–H groups in total. The number of anilines is 3. The SMILES string of the molecule is Cc1cn(-c2cc(C(=O)Nc3ccc(C)c(Nc4nccc(-c5cccnc5)n4)c3)cc(C(F)(F)F)c2)cn1. The molecule has 8 nitrogen and oxygen atoms in total. The lowest BCUT2D eigenvalue weighted by atomic mass is 10.1. The molecule has 0 aliphatic carbocycles. The summed E-state index contributed by atoms with van der Waals surface area (Å²) in [5.41, 5.74) is 3.08. The van der Waals surface area contributed by atoms with E-state index in [9.17, 15) is 18.0 Å². The Labute approximate surface area is 221 Å². The third kappa shape index (κ3) is 5.93. The summed E-state index contributed by atoms with van der Waals surface area (Å²) in [6, 6.07) is 13.8. The van der Waals surface area contributed by atoms with Crippen molar-refractivity contribution in [2.45, 2.75) is 20.0 Å². The number of rotatable bonds is 6. The zero-order valence-corrected chi connectivity index (χ0v) is 20.9. The van der Waals surface area contributed by atoms with E-state index < -0.39 is 17.6 Å². The van der Waals surface area contributed by atoms with Crippen molar-refractivity contribution in [3.8, 4) is 16.9 Å². The van der Waals surface area contributed by atoms with Crippen LogP contribution in [0.15, 0.2) is 85.7 Å². The topological polar surface area (TPSA) is 97.6 Å². The van der Waals surface area contributed by atoms with Crippen molar-refractivity contribution in [3.63, 3.8) is 0 Å². The first kappa shape index (κ1) is 25.6. The Hall–Kier alpha value is -5.06. The van der Waals surface area contributed by atoms with Gasteiger partial charge in [-0.05, 0) is 67.9 Å². The average Bonchev–Trinajstić information content (AvgIpc) is 3.37. The second kappa shape index (κ2) is 10.4. The summed E-state index contributed by atoms with van der Waals surface area (Å²) in [5.74, 6) is -0.357. The molecule has 0 spiro atoms. The van der Waals surface area contributed by atoms with Crippen molar-refractivity contribution in [2.75, 3.05) is 10.6 Å². The standard InChI is InChI=1S/C28H22F3N7O/c1-17-5-6-22(13-25(17)37-27-33-9-7-24(36-27)19-4-3-8-32-14-19)35-26(39)20-10-21(28(29,30)31)12-23(11-20)38-15-18(2)34-16-38/h3-16H,1-2H3,(H,35,39)(H,33,36,37). The molecule has 0 bridgehead atoms. The monoisotopic (exact) mass is 529 g/mol. The second-order valence-electron chi connectivity index (χ2n) is 8.80. The van der Waals surface area contributed by atoms with Gasteiger partial charge in [-0.25, -0.2) is 15.0 Å². The highest BCUT2D eigenvalue weighted by Crippen LogP contribution is 2.32. The molecular formula is C28H22F3N7O. The Kier molecular flexibility index (Phi) is 6.80. The summed E-state index contributed by atoms with van der Waals surface area (Å²) in [7, 11) is 0. The molecule has 0 saturated carbocycles. The zero-order chi connectivity index (χ0) is 27.6. The summed E-state index contributed by atoms with van der Waals surface area (Å²) < 4.78 is 42.3. The van der Waals surface area contributed by atoms with Gasteiger partial charge in [-0.2, -0.15) is 13.2 Å². The number of benzene rings is 2. The first-order valence-corrected chi connectivity index (χ1v) is 11.8. The van der Waals surface area contributed by atoms with Crippen LogP contribution in [-0.4, -0.2) is 30.4 Å². The molecule has 196 valence electrons. The smallest absolute Gasteiger partial charge is 0.324 e. The Morgan fingerprint density at radius 1 is 0.974 bits per heavy atom. The van der Waals surface area contributed by atoms with E-state index in [4.69, 9.17) is 0 Å². The van der Waals surface area contributed by atoms with Crippen LogP contribution in [0.2, 0.25) is 0 Å². The molecular weight excluding hydrogens is 507 g/mol. The number of hydrogen-bond donors (Lipinski definition) is 2. The fourth-order valence-corrected chi connectivity index (χ4v) is 3.87. The van der Waals surface area contributed by atoms with E-state index in [1.54, 1.807) is 56.0 Å². The van der Waals surface area contributed by atoms with Crippen LogP contribution in [0.3, 0.4) is 0 Å². The molecule has 1 amide bonds. The number of halogens is 3. The van der Waals surface area contributed by atoms with Crippen LogP contribution in [0.1, 0.15) is 27.2 Å². The van der Waals surface area contributed by atoms with E-state index in [1.807, 2.05) is 19.1 Å². The van der Waals surface area contributed by atoms with Gasteiger partial charge in [-0.3, -0.25) is 9.78 Å². The molecule has 0 aliphatic heterocycles. The molecule has 0 radical (unpaired) electrons. The third-order valence-corrected chi connectivity index (χ3v) is 5.87.